The van der Waals surface area contributed by atoms with E-state index in [-0.39, 0.29) is 5.97 Å². The van der Waals surface area contributed by atoms with E-state index in [0.29, 0.717) is 11.6 Å². The van der Waals surface area contributed by atoms with E-state index in [9.17, 15) is 4.79 Å². The molecule has 1 aliphatic rings. The molecule has 6 nitrogen and oxygen atoms in total. The topological polar surface area (TPSA) is 67.3 Å². The van der Waals surface area contributed by atoms with Crippen molar-refractivity contribution >= 4 is 28.4 Å². The van der Waals surface area contributed by atoms with E-state index in [1.165, 1.54) is 12.8 Å². The number of anilines is 2. The smallest absolute Gasteiger partial charge is 0.337 e. The molecule has 4 rings (SSSR count). The minimum atomic E-state index is -0.358. The molecule has 0 bridgehead atoms. The highest BCUT2D eigenvalue weighted by Crippen LogP contribution is 2.25. The Morgan fingerprint density at radius 2 is 1.89 bits per heavy atom. The summed E-state index contributed by atoms with van der Waals surface area (Å²) in [4.78, 5) is 23.0. The van der Waals surface area contributed by atoms with Crippen molar-refractivity contribution in [3.63, 3.8) is 0 Å². The van der Waals surface area contributed by atoms with Crippen LogP contribution < -0.4 is 10.2 Å². The van der Waals surface area contributed by atoms with Crippen LogP contribution in [0.15, 0.2) is 54.9 Å². The summed E-state index contributed by atoms with van der Waals surface area (Å²) in [7, 11) is 1.38. The van der Waals surface area contributed by atoms with Crippen molar-refractivity contribution in [2.45, 2.75) is 18.9 Å². The Morgan fingerprint density at radius 3 is 2.63 bits per heavy atom. The first-order valence-corrected chi connectivity index (χ1v) is 9.14. The minimum Gasteiger partial charge on any atom is -0.465 e. The predicted molar refractivity (Wildman–Crippen MR) is 106 cm³/mol. The number of carbonyl (C=O) groups excluding carboxylic acids is 1. The maximum Gasteiger partial charge on any atom is 0.337 e. The van der Waals surface area contributed by atoms with E-state index in [1.54, 1.807) is 18.5 Å². The molecule has 0 spiro atoms. The number of aromatic nitrogens is 2. The number of rotatable bonds is 4. The number of nitrogens with one attached hydrogen (secondary N) is 1. The number of ether oxygens (including phenoxy) is 1. The van der Waals surface area contributed by atoms with E-state index in [4.69, 9.17) is 4.74 Å². The van der Waals surface area contributed by atoms with Gasteiger partial charge in [-0.3, -0.25) is 0 Å². The Labute approximate surface area is 158 Å². The van der Waals surface area contributed by atoms with Crippen molar-refractivity contribution in [1.29, 1.82) is 0 Å². The molecule has 6 heteroatoms. The fraction of sp³-hybridized carbons (Fsp3) is 0.286. The van der Waals surface area contributed by atoms with Gasteiger partial charge < -0.3 is 15.0 Å². The van der Waals surface area contributed by atoms with E-state index in [1.807, 2.05) is 12.1 Å². The van der Waals surface area contributed by atoms with Crippen LogP contribution in [0.3, 0.4) is 0 Å². The molecular formula is C21H22N4O2. The second-order valence-electron chi connectivity index (χ2n) is 6.69. The van der Waals surface area contributed by atoms with Gasteiger partial charge in [-0.2, -0.15) is 0 Å². The number of nitrogens with zero attached hydrogens (tertiary/aromatic N) is 3. The summed E-state index contributed by atoms with van der Waals surface area (Å²) < 4.78 is 4.82. The lowest BCUT2D eigenvalue weighted by Crippen LogP contribution is -2.39. The highest BCUT2D eigenvalue weighted by molar-refractivity contribution is 5.97. The summed E-state index contributed by atoms with van der Waals surface area (Å²) in [6.07, 6.45) is 3.61. The van der Waals surface area contributed by atoms with Crippen LogP contribution in [0.4, 0.5) is 11.5 Å². The van der Waals surface area contributed by atoms with Gasteiger partial charge in [0.2, 0.25) is 0 Å². The number of para-hydroxylation sites is 1. The van der Waals surface area contributed by atoms with Crippen LogP contribution in [0.25, 0.3) is 10.9 Å². The van der Waals surface area contributed by atoms with Crippen molar-refractivity contribution in [2.24, 2.45) is 0 Å². The summed E-state index contributed by atoms with van der Waals surface area (Å²) in [5.41, 5.74) is 2.58. The molecule has 0 amide bonds. The molecule has 1 N–H and O–H groups in total. The molecule has 2 aromatic carbocycles. The summed E-state index contributed by atoms with van der Waals surface area (Å²) in [6, 6.07) is 16.2. The molecule has 0 unspecified atom stereocenters. The predicted octanol–water partition coefficient (Wildman–Crippen LogP) is 3.50. The number of carbonyl (C=O) groups is 1. The van der Waals surface area contributed by atoms with Crippen molar-refractivity contribution in [1.82, 2.24) is 9.97 Å². The van der Waals surface area contributed by atoms with Gasteiger partial charge in [0, 0.05) is 30.2 Å². The van der Waals surface area contributed by atoms with Crippen LogP contribution >= 0.6 is 0 Å². The molecule has 0 saturated carbocycles. The Balaban J connectivity index is 1.50. The van der Waals surface area contributed by atoms with Crippen molar-refractivity contribution in [3.05, 3.63) is 60.4 Å². The van der Waals surface area contributed by atoms with Crippen LogP contribution in [-0.2, 0) is 4.74 Å². The van der Waals surface area contributed by atoms with Gasteiger partial charge in [-0.05, 0) is 43.2 Å². The van der Waals surface area contributed by atoms with Gasteiger partial charge in [0.05, 0.1) is 18.2 Å². The molecule has 1 fully saturated rings. The zero-order valence-corrected chi connectivity index (χ0v) is 15.3. The standard InChI is InChI=1S/C21H22N4O2/c1-27-21(26)15-7-8-19-18(13-15)20(23-14-22-19)24-16-9-11-25(12-10-16)17-5-3-2-4-6-17/h2-8,13-14,16H,9-12H2,1H3,(H,22,23,24). The fourth-order valence-electron chi connectivity index (χ4n) is 3.53. The van der Waals surface area contributed by atoms with Gasteiger partial charge in [0.1, 0.15) is 12.1 Å². The molecule has 1 aromatic heterocycles. The molecule has 0 radical (unpaired) electrons. The highest BCUT2D eigenvalue weighted by Gasteiger charge is 2.20. The third-order valence-corrected chi connectivity index (χ3v) is 5.01. The Hall–Kier alpha value is -3.15. The Morgan fingerprint density at radius 1 is 1.11 bits per heavy atom. The molecule has 1 saturated heterocycles. The second-order valence-corrected chi connectivity index (χ2v) is 6.69. The summed E-state index contributed by atoms with van der Waals surface area (Å²) >= 11 is 0. The first-order chi connectivity index (χ1) is 13.2. The summed E-state index contributed by atoms with van der Waals surface area (Å²) in [5, 5.41) is 4.39. The molecule has 138 valence electrons. The average molecular weight is 362 g/mol. The molecular weight excluding hydrogens is 340 g/mol. The highest BCUT2D eigenvalue weighted by atomic mass is 16.5. The van der Waals surface area contributed by atoms with Crippen LogP contribution in [0.1, 0.15) is 23.2 Å². The molecule has 2 heterocycles. The zero-order chi connectivity index (χ0) is 18.6. The monoisotopic (exact) mass is 362 g/mol. The van der Waals surface area contributed by atoms with E-state index >= 15 is 0 Å². The van der Waals surface area contributed by atoms with Crippen LogP contribution in [-0.4, -0.2) is 42.2 Å². The van der Waals surface area contributed by atoms with Gasteiger partial charge in [-0.25, -0.2) is 14.8 Å². The van der Waals surface area contributed by atoms with E-state index in [0.717, 1.165) is 42.7 Å². The number of hydrogen-bond donors (Lipinski definition) is 1. The summed E-state index contributed by atoms with van der Waals surface area (Å²) in [5.74, 6) is 0.409. The molecule has 0 atom stereocenters. The third-order valence-electron chi connectivity index (χ3n) is 5.01. The SMILES string of the molecule is COC(=O)c1ccc2ncnc(NC3CCN(c4ccccc4)CC3)c2c1. The van der Waals surface area contributed by atoms with Crippen LogP contribution in [0, 0.1) is 0 Å². The quantitative estimate of drug-likeness (QED) is 0.717. The zero-order valence-electron chi connectivity index (χ0n) is 15.3. The minimum absolute atomic E-state index is 0.338. The first-order valence-electron chi connectivity index (χ1n) is 9.14. The fourth-order valence-corrected chi connectivity index (χ4v) is 3.53. The van der Waals surface area contributed by atoms with Crippen molar-refractivity contribution < 1.29 is 9.53 Å². The van der Waals surface area contributed by atoms with Gasteiger partial charge in [0.25, 0.3) is 0 Å². The summed E-state index contributed by atoms with van der Waals surface area (Å²) in [6.45, 7) is 2.00. The number of fused-ring (bicyclic) bond motifs is 1. The lowest BCUT2D eigenvalue weighted by Gasteiger charge is -2.34. The Bertz CT molecular complexity index is 937. The van der Waals surface area contributed by atoms with Gasteiger partial charge in [0.15, 0.2) is 0 Å². The molecule has 0 aliphatic carbocycles. The van der Waals surface area contributed by atoms with Crippen molar-refractivity contribution in [3.8, 4) is 0 Å². The number of benzene rings is 2. The number of piperidine rings is 1. The maximum absolute atomic E-state index is 11.8. The third kappa shape index (κ3) is 3.69. The largest absolute Gasteiger partial charge is 0.465 e. The van der Waals surface area contributed by atoms with E-state index in [2.05, 4.69) is 44.5 Å². The van der Waals surface area contributed by atoms with E-state index < -0.39 is 0 Å². The molecule has 27 heavy (non-hydrogen) atoms. The average Bonchev–Trinajstić information content (AvgIpc) is 2.74. The molecule has 1 aliphatic heterocycles. The number of esters is 1. The lowest BCUT2D eigenvalue weighted by atomic mass is 10.0. The van der Waals surface area contributed by atoms with Gasteiger partial charge >= 0.3 is 5.97 Å². The lowest BCUT2D eigenvalue weighted by molar-refractivity contribution is 0.0601. The van der Waals surface area contributed by atoms with Gasteiger partial charge in [-0.15, -0.1) is 0 Å². The number of methoxy groups -OCH3 is 1. The molecule has 3 aromatic rings. The first kappa shape index (κ1) is 17.3. The normalized spacial score (nSPS) is 14.9. The van der Waals surface area contributed by atoms with Crippen molar-refractivity contribution in [2.75, 3.05) is 30.4 Å². The second kappa shape index (κ2) is 7.61. The van der Waals surface area contributed by atoms with Crippen LogP contribution in [0.5, 0.6) is 0 Å². The van der Waals surface area contributed by atoms with Crippen LogP contribution in [0.2, 0.25) is 0 Å². The Kier molecular flexibility index (Phi) is 4.87. The number of hydrogen-bond acceptors (Lipinski definition) is 6. The van der Waals surface area contributed by atoms with Gasteiger partial charge in [-0.1, -0.05) is 18.2 Å². The maximum atomic E-state index is 11.8.